The SMILES string of the molecule is Cc1ccc2c(CC(=O)Oc3cccc(C(F)(F)F)c3)coc2c1. The molecule has 0 amide bonds. The molecule has 2 aromatic carbocycles. The standard InChI is InChI=1S/C18H13F3O3/c1-11-5-6-15-12(10-23-16(15)7-11)8-17(22)24-14-4-2-3-13(9-14)18(19,20)21/h2-7,9-10H,8H2,1H3. The Morgan fingerprint density at radius 1 is 1.17 bits per heavy atom. The van der Waals surface area contributed by atoms with Crippen LogP contribution in [0.3, 0.4) is 0 Å². The lowest BCUT2D eigenvalue weighted by molar-refractivity contribution is -0.138. The molecule has 1 aromatic heterocycles. The van der Waals surface area contributed by atoms with Crippen molar-refractivity contribution >= 4 is 16.9 Å². The molecule has 0 atom stereocenters. The third kappa shape index (κ3) is 3.42. The van der Waals surface area contributed by atoms with E-state index in [1.165, 1.54) is 18.4 Å². The fourth-order valence-electron chi connectivity index (χ4n) is 2.39. The van der Waals surface area contributed by atoms with Gasteiger partial charge in [0.05, 0.1) is 18.2 Å². The molecule has 0 saturated heterocycles. The van der Waals surface area contributed by atoms with Crippen LogP contribution in [0, 0.1) is 6.92 Å². The van der Waals surface area contributed by atoms with E-state index in [0.717, 1.165) is 23.1 Å². The van der Waals surface area contributed by atoms with Crippen LogP contribution < -0.4 is 4.74 Å². The first-order valence-electron chi connectivity index (χ1n) is 7.17. The van der Waals surface area contributed by atoms with E-state index < -0.39 is 17.7 Å². The monoisotopic (exact) mass is 334 g/mol. The van der Waals surface area contributed by atoms with Crippen LogP contribution in [0.4, 0.5) is 13.2 Å². The van der Waals surface area contributed by atoms with E-state index in [-0.39, 0.29) is 12.2 Å². The van der Waals surface area contributed by atoms with Crippen LogP contribution in [0.5, 0.6) is 5.75 Å². The van der Waals surface area contributed by atoms with Crippen molar-refractivity contribution in [3.63, 3.8) is 0 Å². The minimum Gasteiger partial charge on any atom is -0.464 e. The van der Waals surface area contributed by atoms with Gasteiger partial charge in [-0.25, -0.2) is 0 Å². The zero-order valence-corrected chi connectivity index (χ0v) is 12.7. The number of hydrogen-bond acceptors (Lipinski definition) is 3. The number of carbonyl (C=O) groups excluding carboxylic acids is 1. The molecule has 0 N–H and O–H groups in total. The summed E-state index contributed by atoms with van der Waals surface area (Å²) >= 11 is 0. The highest BCUT2D eigenvalue weighted by atomic mass is 19.4. The summed E-state index contributed by atoms with van der Waals surface area (Å²) in [5.41, 5.74) is 1.44. The van der Waals surface area contributed by atoms with Gasteiger partial charge in [-0.1, -0.05) is 18.2 Å². The lowest BCUT2D eigenvalue weighted by Crippen LogP contribution is -2.12. The van der Waals surface area contributed by atoms with Crippen molar-refractivity contribution in [3.8, 4) is 5.75 Å². The van der Waals surface area contributed by atoms with Crippen LogP contribution in [0.15, 0.2) is 53.1 Å². The van der Waals surface area contributed by atoms with Crippen LogP contribution >= 0.6 is 0 Å². The first kappa shape index (κ1) is 16.1. The zero-order chi connectivity index (χ0) is 17.3. The number of halogens is 3. The van der Waals surface area contributed by atoms with Gasteiger partial charge in [0.1, 0.15) is 11.3 Å². The second-order valence-corrected chi connectivity index (χ2v) is 5.44. The second kappa shape index (κ2) is 6.03. The number of alkyl halides is 3. The molecule has 0 saturated carbocycles. The largest absolute Gasteiger partial charge is 0.464 e. The van der Waals surface area contributed by atoms with Crippen LogP contribution in [-0.2, 0) is 17.4 Å². The maximum atomic E-state index is 12.7. The van der Waals surface area contributed by atoms with Gasteiger partial charge in [-0.05, 0) is 36.8 Å². The Labute approximate surface area is 135 Å². The van der Waals surface area contributed by atoms with Crippen molar-refractivity contribution in [1.82, 2.24) is 0 Å². The molecule has 3 aromatic rings. The normalized spacial score (nSPS) is 11.7. The van der Waals surface area contributed by atoms with Crippen molar-refractivity contribution in [1.29, 1.82) is 0 Å². The van der Waals surface area contributed by atoms with Gasteiger partial charge in [-0.15, -0.1) is 0 Å². The number of fused-ring (bicyclic) bond motifs is 1. The molecule has 3 nitrogen and oxygen atoms in total. The first-order chi connectivity index (χ1) is 11.3. The number of carbonyl (C=O) groups is 1. The van der Waals surface area contributed by atoms with Crippen molar-refractivity contribution < 1.29 is 27.1 Å². The fraction of sp³-hybridized carbons (Fsp3) is 0.167. The van der Waals surface area contributed by atoms with E-state index >= 15 is 0 Å². The lowest BCUT2D eigenvalue weighted by Gasteiger charge is -2.09. The van der Waals surface area contributed by atoms with Crippen LogP contribution in [0.2, 0.25) is 0 Å². The summed E-state index contributed by atoms with van der Waals surface area (Å²) < 4.78 is 48.4. The van der Waals surface area contributed by atoms with E-state index in [9.17, 15) is 18.0 Å². The zero-order valence-electron chi connectivity index (χ0n) is 12.7. The summed E-state index contributed by atoms with van der Waals surface area (Å²) in [4.78, 5) is 12.0. The van der Waals surface area contributed by atoms with Crippen molar-refractivity contribution in [2.75, 3.05) is 0 Å². The highest BCUT2D eigenvalue weighted by Gasteiger charge is 2.30. The molecule has 24 heavy (non-hydrogen) atoms. The van der Waals surface area contributed by atoms with Gasteiger partial charge in [0.2, 0.25) is 0 Å². The maximum Gasteiger partial charge on any atom is 0.416 e. The van der Waals surface area contributed by atoms with Crippen molar-refractivity contribution in [2.24, 2.45) is 0 Å². The quantitative estimate of drug-likeness (QED) is 0.505. The Morgan fingerprint density at radius 2 is 1.96 bits per heavy atom. The molecule has 0 fully saturated rings. The molecule has 0 bridgehead atoms. The van der Waals surface area contributed by atoms with E-state index in [4.69, 9.17) is 9.15 Å². The Bertz CT molecular complexity index is 894. The Kier molecular flexibility index (Phi) is 4.05. The highest BCUT2D eigenvalue weighted by Crippen LogP contribution is 2.31. The van der Waals surface area contributed by atoms with E-state index in [2.05, 4.69) is 0 Å². The van der Waals surface area contributed by atoms with Gasteiger partial charge in [-0.2, -0.15) is 13.2 Å². The molecule has 0 aliphatic rings. The average Bonchev–Trinajstić information content (AvgIpc) is 2.88. The molecule has 0 aliphatic carbocycles. The molecular formula is C18H13F3O3. The van der Waals surface area contributed by atoms with Gasteiger partial charge in [-0.3, -0.25) is 4.79 Å². The van der Waals surface area contributed by atoms with Crippen LogP contribution in [0.1, 0.15) is 16.7 Å². The van der Waals surface area contributed by atoms with E-state index in [1.807, 2.05) is 25.1 Å². The Hall–Kier alpha value is -2.76. The summed E-state index contributed by atoms with van der Waals surface area (Å²) in [6.07, 6.45) is -3.12. The molecule has 0 aliphatic heterocycles. The van der Waals surface area contributed by atoms with Crippen LogP contribution in [-0.4, -0.2) is 5.97 Å². The average molecular weight is 334 g/mol. The summed E-state index contributed by atoms with van der Waals surface area (Å²) in [5, 5.41) is 0.779. The molecule has 6 heteroatoms. The van der Waals surface area contributed by atoms with Gasteiger partial charge in [0.15, 0.2) is 0 Å². The predicted octanol–water partition coefficient (Wildman–Crippen LogP) is 4.91. The molecule has 124 valence electrons. The predicted molar refractivity (Wildman–Crippen MR) is 81.7 cm³/mol. The summed E-state index contributed by atoms with van der Waals surface area (Å²) in [7, 11) is 0. The molecular weight excluding hydrogens is 321 g/mol. The number of aryl methyl sites for hydroxylation is 1. The number of ether oxygens (including phenoxy) is 1. The van der Waals surface area contributed by atoms with Crippen molar-refractivity contribution in [2.45, 2.75) is 19.5 Å². The summed E-state index contributed by atoms with van der Waals surface area (Å²) in [6, 6.07) is 9.79. The van der Waals surface area contributed by atoms with Crippen LogP contribution in [0.25, 0.3) is 11.0 Å². The number of benzene rings is 2. The van der Waals surface area contributed by atoms with Crippen molar-refractivity contribution in [3.05, 3.63) is 65.4 Å². The Morgan fingerprint density at radius 3 is 2.71 bits per heavy atom. The second-order valence-electron chi connectivity index (χ2n) is 5.44. The molecule has 3 rings (SSSR count). The summed E-state index contributed by atoms with van der Waals surface area (Å²) in [5.74, 6) is -0.795. The van der Waals surface area contributed by atoms with Gasteiger partial charge in [0.25, 0.3) is 0 Å². The molecule has 0 spiro atoms. The topological polar surface area (TPSA) is 39.4 Å². The first-order valence-corrected chi connectivity index (χ1v) is 7.17. The molecule has 0 unspecified atom stereocenters. The smallest absolute Gasteiger partial charge is 0.416 e. The third-order valence-electron chi connectivity index (χ3n) is 3.54. The third-order valence-corrected chi connectivity index (χ3v) is 3.54. The van der Waals surface area contributed by atoms with Gasteiger partial charge >= 0.3 is 12.1 Å². The highest BCUT2D eigenvalue weighted by molar-refractivity contribution is 5.86. The molecule has 0 radical (unpaired) electrons. The number of rotatable bonds is 3. The minimum absolute atomic E-state index is 0.0910. The van der Waals surface area contributed by atoms with Gasteiger partial charge in [0, 0.05) is 10.9 Å². The van der Waals surface area contributed by atoms with E-state index in [0.29, 0.717) is 11.1 Å². The number of furan rings is 1. The Balaban J connectivity index is 1.76. The van der Waals surface area contributed by atoms with Gasteiger partial charge < -0.3 is 9.15 Å². The maximum absolute atomic E-state index is 12.7. The molecule has 1 heterocycles. The number of hydrogen-bond donors (Lipinski definition) is 0. The lowest BCUT2D eigenvalue weighted by atomic mass is 10.1. The number of esters is 1. The fourth-order valence-corrected chi connectivity index (χ4v) is 2.39. The minimum atomic E-state index is -4.49. The summed E-state index contributed by atoms with van der Waals surface area (Å²) in [6.45, 7) is 1.92. The van der Waals surface area contributed by atoms with E-state index in [1.54, 1.807) is 0 Å².